The summed E-state index contributed by atoms with van der Waals surface area (Å²) in [7, 11) is -3.59. The van der Waals surface area contributed by atoms with Crippen molar-refractivity contribution in [3.05, 3.63) is 30.1 Å². The van der Waals surface area contributed by atoms with Crippen LogP contribution >= 0.6 is 0 Å². The van der Waals surface area contributed by atoms with Crippen LogP contribution in [0.4, 0.5) is 9.18 Å². The number of nitrogens with one attached hydrogen (secondary N) is 1. The van der Waals surface area contributed by atoms with Crippen LogP contribution in [0.3, 0.4) is 0 Å². The van der Waals surface area contributed by atoms with Gasteiger partial charge in [-0.25, -0.2) is 17.6 Å². The molecule has 9 heteroatoms. The second kappa shape index (κ2) is 7.61. The van der Waals surface area contributed by atoms with Gasteiger partial charge in [-0.3, -0.25) is 4.79 Å². The van der Waals surface area contributed by atoms with Gasteiger partial charge in [0, 0.05) is 19.6 Å². The first-order valence-corrected chi connectivity index (χ1v) is 9.25. The van der Waals surface area contributed by atoms with Gasteiger partial charge in [-0.15, -0.1) is 0 Å². The number of carbonyl (C=O) groups is 2. The molecule has 1 fully saturated rings. The van der Waals surface area contributed by atoms with E-state index in [-0.39, 0.29) is 35.6 Å². The molecule has 1 heterocycles. The molecule has 0 saturated carbocycles. The third-order valence-electron chi connectivity index (χ3n) is 3.95. The van der Waals surface area contributed by atoms with Crippen molar-refractivity contribution in [3.63, 3.8) is 0 Å². The fourth-order valence-corrected chi connectivity index (χ4v) is 3.76. The van der Waals surface area contributed by atoms with E-state index < -0.39 is 21.7 Å². The Kier molecular flexibility index (Phi) is 5.76. The molecule has 1 aliphatic rings. The lowest BCUT2D eigenvalue weighted by molar-refractivity contribution is -0.126. The van der Waals surface area contributed by atoms with Crippen LogP contribution in [-0.4, -0.2) is 50.6 Å². The number of nitrogens with zero attached hydrogens (tertiary/aromatic N) is 1. The molecule has 3 amide bonds. The number of rotatable bonds is 5. The highest BCUT2D eigenvalue weighted by atomic mass is 32.2. The molecular weight excluding hydrogens is 337 g/mol. The number of hydrogen-bond acceptors (Lipinski definition) is 4. The molecule has 0 unspecified atom stereocenters. The first-order chi connectivity index (χ1) is 11.3. The molecule has 0 aliphatic carbocycles. The number of amides is 3. The lowest BCUT2D eigenvalue weighted by atomic mass is 9.97. The summed E-state index contributed by atoms with van der Waals surface area (Å²) in [6, 6.07) is 3.97. The summed E-state index contributed by atoms with van der Waals surface area (Å²) in [4.78, 5) is 24.7. The Hall–Kier alpha value is -2.16. The minimum absolute atomic E-state index is 0.00992. The molecule has 0 radical (unpaired) electrons. The Bertz CT molecular complexity index is 706. The number of hydrogen-bond donors (Lipinski definition) is 2. The molecule has 1 aromatic rings. The van der Waals surface area contributed by atoms with E-state index in [0.717, 1.165) is 12.1 Å². The van der Waals surface area contributed by atoms with Crippen LogP contribution in [0.25, 0.3) is 0 Å². The van der Waals surface area contributed by atoms with Crippen LogP contribution in [0, 0.1) is 11.7 Å². The minimum Gasteiger partial charge on any atom is -0.355 e. The average Bonchev–Trinajstić information content (AvgIpc) is 2.55. The van der Waals surface area contributed by atoms with Crippen molar-refractivity contribution in [1.29, 1.82) is 0 Å². The molecule has 24 heavy (non-hydrogen) atoms. The lowest BCUT2D eigenvalue weighted by Gasteiger charge is -2.30. The molecule has 1 atom stereocenters. The monoisotopic (exact) mass is 357 g/mol. The molecular formula is C15H20FN3O4S. The molecule has 132 valence electrons. The molecule has 1 aromatic carbocycles. The number of primary amides is 1. The van der Waals surface area contributed by atoms with E-state index in [0.29, 0.717) is 19.4 Å². The number of benzene rings is 1. The minimum atomic E-state index is -3.59. The van der Waals surface area contributed by atoms with Gasteiger partial charge in [0.15, 0.2) is 9.84 Å². The van der Waals surface area contributed by atoms with Crippen molar-refractivity contribution in [2.24, 2.45) is 11.7 Å². The van der Waals surface area contributed by atoms with Gasteiger partial charge < -0.3 is 16.0 Å². The van der Waals surface area contributed by atoms with Crippen LogP contribution in [0.15, 0.2) is 29.2 Å². The number of urea groups is 1. The Labute approximate surface area is 139 Å². The number of likely N-dealkylation sites (tertiary alicyclic amines) is 1. The van der Waals surface area contributed by atoms with Crippen molar-refractivity contribution in [2.45, 2.75) is 17.7 Å². The van der Waals surface area contributed by atoms with Gasteiger partial charge in [0.05, 0.1) is 16.6 Å². The molecule has 0 bridgehead atoms. The molecule has 1 saturated heterocycles. The second-order valence-electron chi connectivity index (χ2n) is 5.69. The van der Waals surface area contributed by atoms with Gasteiger partial charge in [0.25, 0.3) is 0 Å². The van der Waals surface area contributed by atoms with Crippen LogP contribution in [-0.2, 0) is 14.6 Å². The highest BCUT2D eigenvalue weighted by Gasteiger charge is 2.27. The normalized spacial score (nSPS) is 18.2. The maximum atomic E-state index is 12.8. The lowest BCUT2D eigenvalue weighted by Crippen LogP contribution is -2.47. The Morgan fingerprint density at radius 1 is 1.29 bits per heavy atom. The van der Waals surface area contributed by atoms with E-state index in [2.05, 4.69) is 5.32 Å². The summed E-state index contributed by atoms with van der Waals surface area (Å²) in [5.41, 5.74) is 5.21. The van der Waals surface area contributed by atoms with Crippen molar-refractivity contribution in [1.82, 2.24) is 10.2 Å². The molecule has 0 spiro atoms. The third kappa shape index (κ3) is 4.67. The summed E-state index contributed by atoms with van der Waals surface area (Å²) >= 11 is 0. The second-order valence-corrected chi connectivity index (χ2v) is 7.80. The Morgan fingerprint density at radius 2 is 1.96 bits per heavy atom. The van der Waals surface area contributed by atoms with Gasteiger partial charge in [-0.2, -0.15) is 0 Å². The summed E-state index contributed by atoms with van der Waals surface area (Å²) < 4.78 is 37.0. The fourth-order valence-electron chi connectivity index (χ4n) is 2.60. The zero-order valence-corrected chi connectivity index (χ0v) is 13.9. The standard InChI is InChI=1S/C15H20FN3O4S/c16-12-3-5-13(6-4-12)24(22,23)9-7-18-14(20)11-2-1-8-19(10-11)15(17)21/h3-6,11H,1-2,7-10H2,(H2,17,21)(H,18,20)/t11-/m0/s1. The van der Waals surface area contributed by atoms with Gasteiger partial charge in [0.2, 0.25) is 5.91 Å². The van der Waals surface area contributed by atoms with E-state index in [4.69, 9.17) is 5.73 Å². The van der Waals surface area contributed by atoms with Crippen molar-refractivity contribution >= 4 is 21.8 Å². The number of carbonyl (C=O) groups excluding carboxylic acids is 2. The predicted molar refractivity (Wildman–Crippen MR) is 85.3 cm³/mol. The van der Waals surface area contributed by atoms with E-state index >= 15 is 0 Å². The summed E-state index contributed by atoms with van der Waals surface area (Å²) in [6.45, 7) is 0.718. The Morgan fingerprint density at radius 3 is 2.58 bits per heavy atom. The number of halogens is 1. The van der Waals surface area contributed by atoms with Crippen LogP contribution in [0.1, 0.15) is 12.8 Å². The summed E-state index contributed by atoms with van der Waals surface area (Å²) in [5, 5.41) is 2.58. The maximum absolute atomic E-state index is 12.8. The third-order valence-corrected chi connectivity index (χ3v) is 5.68. The highest BCUT2D eigenvalue weighted by Crippen LogP contribution is 2.16. The summed E-state index contributed by atoms with van der Waals surface area (Å²) in [6.07, 6.45) is 1.30. The van der Waals surface area contributed by atoms with E-state index in [1.54, 1.807) is 0 Å². The van der Waals surface area contributed by atoms with E-state index in [9.17, 15) is 22.4 Å². The first kappa shape index (κ1) is 18.2. The van der Waals surface area contributed by atoms with E-state index in [1.165, 1.54) is 17.0 Å². The van der Waals surface area contributed by atoms with Gasteiger partial charge >= 0.3 is 6.03 Å². The Balaban J connectivity index is 1.85. The van der Waals surface area contributed by atoms with Crippen molar-refractivity contribution in [3.8, 4) is 0 Å². The van der Waals surface area contributed by atoms with Crippen LogP contribution < -0.4 is 11.1 Å². The largest absolute Gasteiger partial charge is 0.355 e. The summed E-state index contributed by atoms with van der Waals surface area (Å²) in [5.74, 6) is -1.48. The fraction of sp³-hybridized carbons (Fsp3) is 0.467. The number of piperidine rings is 1. The van der Waals surface area contributed by atoms with Gasteiger partial charge in [-0.1, -0.05) is 0 Å². The smallest absolute Gasteiger partial charge is 0.314 e. The average molecular weight is 357 g/mol. The topological polar surface area (TPSA) is 110 Å². The molecule has 7 nitrogen and oxygen atoms in total. The maximum Gasteiger partial charge on any atom is 0.314 e. The quantitative estimate of drug-likeness (QED) is 0.748. The zero-order valence-electron chi connectivity index (χ0n) is 13.1. The zero-order chi connectivity index (χ0) is 17.7. The van der Waals surface area contributed by atoms with Crippen LogP contribution in [0.2, 0.25) is 0 Å². The number of nitrogens with two attached hydrogens (primary N) is 1. The molecule has 0 aromatic heterocycles. The van der Waals surface area contributed by atoms with Gasteiger partial charge in [0.1, 0.15) is 5.82 Å². The number of sulfone groups is 1. The van der Waals surface area contributed by atoms with Crippen LogP contribution in [0.5, 0.6) is 0 Å². The van der Waals surface area contributed by atoms with Gasteiger partial charge in [-0.05, 0) is 37.1 Å². The van der Waals surface area contributed by atoms with Crippen molar-refractivity contribution < 1.29 is 22.4 Å². The molecule has 1 aliphatic heterocycles. The SMILES string of the molecule is NC(=O)N1CCC[C@H](C(=O)NCCS(=O)(=O)c2ccc(F)cc2)C1. The van der Waals surface area contributed by atoms with Crippen molar-refractivity contribution in [2.75, 3.05) is 25.4 Å². The predicted octanol–water partition coefficient (Wildman–Crippen LogP) is 0.506. The molecule has 3 N–H and O–H groups in total. The van der Waals surface area contributed by atoms with E-state index in [1.807, 2.05) is 0 Å². The first-order valence-electron chi connectivity index (χ1n) is 7.60. The molecule has 2 rings (SSSR count). The highest BCUT2D eigenvalue weighted by molar-refractivity contribution is 7.91.